The molecule has 0 radical (unpaired) electrons. The molecule has 7 heteroatoms. The summed E-state index contributed by atoms with van der Waals surface area (Å²) in [4.78, 5) is 38.5. The number of quaternary nitrogens is 1. The molecule has 1 aliphatic heterocycles. The minimum atomic E-state index is -1.20. The minimum absolute atomic E-state index is 0.134. The number of rotatable bonds is 7. The molecule has 1 fully saturated rings. The molecule has 1 aliphatic rings. The molecule has 1 unspecified atom stereocenters. The highest BCUT2D eigenvalue weighted by Crippen LogP contribution is 2.27. The van der Waals surface area contributed by atoms with E-state index in [0.717, 1.165) is 21.9 Å². The van der Waals surface area contributed by atoms with Gasteiger partial charge >= 0.3 is 6.03 Å². The lowest BCUT2D eigenvalue weighted by atomic mass is 9.92. The minimum Gasteiger partial charge on any atom is -0.326 e. The summed E-state index contributed by atoms with van der Waals surface area (Å²) in [7, 11) is 1.90. The quantitative estimate of drug-likeness (QED) is 0.606. The van der Waals surface area contributed by atoms with E-state index in [2.05, 4.69) is 41.9 Å². The summed E-state index contributed by atoms with van der Waals surface area (Å²) < 4.78 is 0. The van der Waals surface area contributed by atoms with E-state index < -0.39 is 23.4 Å². The molecule has 1 heterocycles. The Labute approximate surface area is 170 Å². The predicted octanol–water partition coefficient (Wildman–Crippen LogP) is 0.762. The Morgan fingerprint density at radius 1 is 1.07 bits per heavy atom. The van der Waals surface area contributed by atoms with Gasteiger partial charge in [-0.1, -0.05) is 61.5 Å². The Kier molecular flexibility index (Phi) is 5.98. The summed E-state index contributed by atoms with van der Waals surface area (Å²) in [6.07, 6.45) is 0.985. The Morgan fingerprint density at radius 2 is 1.69 bits per heavy atom. The fraction of sp³-hybridized carbons (Fsp3) is 0.318. The monoisotopic (exact) mass is 395 g/mol. The summed E-state index contributed by atoms with van der Waals surface area (Å²) in [5.41, 5.74) is 4.30. The number of benzene rings is 2. The highest BCUT2D eigenvalue weighted by molar-refractivity contribution is 6.08. The van der Waals surface area contributed by atoms with Crippen LogP contribution in [0, 0.1) is 0 Å². The van der Waals surface area contributed by atoms with Crippen molar-refractivity contribution in [2.45, 2.75) is 32.4 Å². The Hall–Kier alpha value is -3.19. The first-order chi connectivity index (χ1) is 13.8. The number of carbonyl (C=O) groups excluding carboxylic acids is 3. The van der Waals surface area contributed by atoms with Crippen LogP contribution in [0.3, 0.4) is 0 Å². The van der Waals surface area contributed by atoms with Crippen molar-refractivity contribution in [3.8, 4) is 0 Å². The van der Waals surface area contributed by atoms with E-state index in [9.17, 15) is 14.4 Å². The molecular formula is C22H27N4O3+. The van der Waals surface area contributed by atoms with Crippen LogP contribution in [0.15, 0.2) is 54.6 Å². The van der Waals surface area contributed by atoms with E-state index in [4.69, 9.17) is 0 Å². The van der Waals surface area contributed by atoms with Crippen LogP contribution in [0.2, 0.25) is 0 Å². The zero-order chi connectivity index (χ0) is 21.0. The maximum atomic E-state index is 12.8. The van der Waals surface area contributed by atoms with Crippen LogP contribution in [-0.4, -0.2) is 36.4 Å². The molecule has 1 saturated heterocycles. The normalized spacial score (nSPS) is 19.8. The lowest BCUT2D eigenvalue weighted by Crippen LogP contribution is -3.09. The molecule has 2 aromatic rings. The Balaban J connectivity index is 1.59. The second-order valence-electron chi connectivity index (χ2n) is 7.58. The highest BCUT2D eigenvalue weighted by atomic mass is 16.2. The number of nitrogens with one attached hydrogen (secondary N) is 3. The Bertz CT molecular complexity index is 898. The topological polar surface area (TPSA) is 82.9 Å². The summed E-state index contributed by atoms with van der Waals surface area (Å²) in [6, 6.07) is 16.6. The second kappa shape index (κ2) is 8.45. The third kappa shape index (κ3) is 4.46. The van der Waals surface area contributed by atoms with Crippen molar-refractivity contribution < 1.29 is 19.3 Å². The van der Waals surface area contributed by atoms with Crippen LogP contribution in [0.1, 0.15) is 30.5 Å². The average Bonchev–Trinajstić information content (AvgIpc) is 2.93. The number of carbonyl (C=O) groups is 3. The summed E-state index contributed by atoms with van der Waals surface area (Å²) >= 11 is 0. The third-order valence-corrected chi connectivity index (χ3v) is 5.18. The smallest absolute Gasteiger partial charge is 0.326 e. The van der Waals surface area contributed by atoms with Crippen molar-refractivity contribution in [3.63, 3.8) is 0 Å². The zero-order valence-corrected chi connectivity index (χ0v) is 17.0. The molecule has 0 aromatic heterocycles. The average molecular weight is 395 g/mol. The Morgan fingerprint density at radius 3 is 2.31 bits per heavy atom. The molecule has 3 N–H and O–H groups in total. The number of amides is 4. The van der Waals surface area contributed by atoms with Gasteiger partial charge in [0, 0.05) is 5.56 Å². The molecule has 29 heavy (non-hydrogen) atoms. The molecule has 0 saturated carbocycles. The summed E-state index contributed by atoms with van der Waals surface area (Å²) in [6.45, 7) is 4.54. The third-order valence-electron chi connectivity index (χ3n) is 5.18. The van der Waals surface area contributed by atoms with Gasteiger partial charge in [0.05, 0.1) is 7.05 Å². The number of imide groups is 1. The first kappa shape index (κ1) is 20.5. The molecule has 152 valence electrons. The molecule has 4 amide bonds. The van der Waals surface area contributed by atoms with E-state index in [1.165, 1.54) is 5.56 Å². The number of likely N-dealkylation sites (N-methyl/N-ethyl adjacent to an activating group) is 1. The predicted molar refractivity (Wildman–Crippen MR) is 109 cm³/mol. The zero-order valence-electron chi connectivity index (χ0n) is 17.0. The SMILES string of the molecule is CCc1ccc(C[NH+](C)CC(=O)NN2C(=O)N[C@](C)(c3ccccc3)C2=O)cc1. The van der Waals surface area contributed by atoms with E-state index in [1.54, 1.807) is 31.2 Å². The van der Waals surface area contributed by atoms with Crippen LogP contribution in [0.4, 0.5) is 4.79 Å². The molecule has 2 atom stereocenters. The van der Waals surface area contributed by atoms with Crippen LogP contribution in [0.5, 0.6) is 0 Å². The number of hydrogen-bond acceptors (Lipinski definition) is 3. The first-order valence-corrected chi connectivity index (χ1v) is 9.74. The maximum absolute atomic E-state index is 12.8. The molecule has 0 aliphatic carbocycles. The van der Waals surface area contributed by atoms with Crippen molar-refractivity contribution in [1.29, 1.82) is 0 Å². The van der Waals surface area contributed by atoms with Gasteiger partial charge in [-0.25, -0.2) is 4.79 Å². The van der Waals surface area contributed by atoms with Crippen molar-refractivity contribution in [1.82, 2.24) is 15.8 Å². The van der Waals surface area contributed by atoms with Crippen molar-refractivity contribution >= 4 is 17.8 Å². The van der Waals surface area contributed by atoms with E-state index in [1.807, 2.05) is 13.1 Å². The van der Waals surface area contributed by atoms with Gasteiger partial charge in [0.25, 0.3) is 11.8 Å². The molecule has 2 aromatic carbocycles. The van der Waals surface area contributed by atoms with Crippen molar-refractivity contribution in [2.24, 2.45) is 0 Å². The van der Waals surface area contributed by atoms with E-state index in [0.29, 0.717) is 12.1 Å². The number of urea groups is 1. The second-order valence-corrected chi connectivity index (χ2v) is 7.58. The molecule has 3 rings (SSSR count). The molecular weight excluding hydrogens is 368 g/mol. The van der Waals surface area contributed by atoms with Gasteiger partial charge in [-0.3, -0.25) is 15.0 Å². The number of nitrogens with zero attached hydrogens (tertiary/aromatic N) is 1. The highest BCUT2D eigenvalue weighted by Gasteiger charge is 2.50. The first-order valence-electron chi connectivity index (χ1n) is 9.74. The standard InChI is InChI=1S/C22H26N4O3/c1-4-16-10-12-17(13-11-16)14-25(3)15-19(27)24-26-20(28)22(2,23-21(26)29)18-8-6-5-7-9-18/h5-13H,4,14-15H2,1-3H3,(H,23,29)(H,24,27)/p+1/t22-/m1/s1. The van der Waals surface area contributed by atoms with E-state index in [-0.39, 0.29) is 6.54 Å². The number of hydrogen-bond donors (Lipinski definition) is 3. The lowest BCUT2D eigenvalue weighted by Gasteiger charge is -2.22. The van der Waals surface area contributed by atoms with Crippen LogP contribution < -0.4 is 15.6 Å². The largest absolute Gasteiger partial charge is 0.344 e. The molecule has 7 nitrogen and oxygen atoms in total. The fourth-order valence-electron chi connectivity index (χ4n) is 3.45. The summed E-state index contributed by atoms with van der Waals surface area (Å²) in [5, 5.41) is 3.45. The number of hydrazine groups is 1. The maximum Gasteiger partial charge on any atom is 0.344 e. The van der Waals surface area contributed by atoms with Crippen molar-refractivity contribution in [3.05, 3.63) is 71.3 Å². The van der Waals surface area contributed by atoms with Gasteiger partial charge in [-0.15, -0.1) is 0 Å². The van der Waals surface area contributed by atoms with Crippen LogP contribution in [-0.2, 0) is 28.1 Å². The lowest BCUT2D eigenvalue weighted by molar-refractivity contribution is -0.885. The van der Waals surface area contributed by atoms with Gasteiger partial charge in [0.1, 0.15) is 12.1 Å². The van der Waals surface area contributed by atoms with Gasteiger partial charge in [0.15, 0.2) is 6.54 Å². The number of aryl methyl sites for hydroxylation is 1. The van der Waals surface area contributed by atoms with Gasteiger partial charge in [-0.05, 0) is 24.5 Å². The van der Waals surface area contributed by atoms with Gasteiger partial charge < -0.3 is 10.2 Å². The molecule has 0 bridgehead atoms. The van der Waals surface area contributed by atoms with Crippen LogP contribution >= 0.6 is 0 Å². The summed E-state index contributed by atoms with van der Waals surface area (Å²) in [5.74, 6) is -0.900. The van der Waals surface area contributed by atoms with Crippen molar-refractivity contribution in [2.75, 3.05) is 13.6 Å². The van der Waals surface area contributed by atoms with Crippen LogP contribution in [0.25, 0.3) is 0 Å². The van der Waals surface area contributed by atoms with Gasteiger partial charge in [0.2, 0.25) is 0 Å². The fourth-order valence-corrected chi connectivity index (χ4v) is 3.45. The van der Waals surface area contributed by atoms with E-state index >= 15 is 0 Å². The molecule has 0 spiro atoms. The van der Waals surface area contributed by atoms with Gasteiger partial charge in [-0.2, -0.15) is 5.01 Å².